The van der Waals surface area contributed by atoms with Crippen LogP contribution in [-0.4, -0.2) is 11.1 Å². The molecular weight excluding hydrogens is 364 g/mol. The Balaban J connectivity index is 2.52. The quantitative estimate of drug-likeness (QED) is 0.382. The molecule has 134 valence electrons. The van der Waals surface area contributed by atoms with E-state index >= 15 is 0 Å². The Labute approximate surface area is 141 Å². The fraction of sp³-hybridized carbons (Fsp3) is 0. The van der Waals surface area contributed by atoms with Crippen LogP contribution in [-0.2, 0) is 0 Å². The van der Waals surface area contributed by atoms with Crippen molar-refractivity contribution < 1.29 is 36.2 Å². The summed E-state index contributed by atoms with van der Waals surface area (Å²) in [7, 11) is 0. The predicted molar refractivity (Wildman–Crippen MR) is 80.4 cm³/mol. The molecule has 26 heavy (non-hydrogen) atoms. The number of carboxylic acid groups (broad SMARTS) is 1. The van der Waals surface area contributed by atoms with Crippen LogP contribution in [0, 0.1) is 34.9 Å². The summed E-state index contributed by atoms with van der Waals surface area (Å²) < 4.78 is 83.6. The van der Waals surface area contributed by atoms with Gasteiger partial charge >= 0.3 is 5.97 Å². The highest BCUT2D eigenvalue weighted by molar-refractivity contribution is 6.08. The molecule has 0 atom stereocenters. The molecule has 3 nitrogen and oxygen atoms in total. The van der Waals surface area contributed by atoms with Gasteiger partial charge in [0.25, 0.3) is 0 Å². The standard InChI is InChI=1S/C17H7F6NO2/c18-10-7-8(12(20)15(23)14(22)11(7)19)16(9(13(10)21)17(25)26)24-6-4-2-1-3-5-6/h1-5,24H,(H,25,26). The van der Waals surface area contributed by atoms with Crippen LogP contribution in [0.5, 0.6) is 0 Å². The number of aromatic carboxylic acids is 1. The van der Waals surface area contributed by atoms with Gasteiger partial charge in [-0.1, -0.05) is 18.2 Å². The number of anilines is 2. The van der Waals surface area contributed by atoms with E-state index in [1.165, 1.54) is 24.3 Å². The van der Waals surface area contributed by atoms with E-state index in [-0.39, 0.29) is 5.69 Å². The van der Waals surface area contributed by atoms with Gasteiger partial charge in [-0.25, -0.2) is 31.1 Å². The molecule has 0 heterocycles. The van der Waals surface area contributed by atoms with Crippen LogP contribution in [0.1, 0.15) is 10.4 Å². The normalized spacial score (nSPS) is 11.0. The van der Waals surface area contributed by atoms with Crippen molar-refractivity contribution in [3.8, 4) is 0 Å². The van der Waals surface area contributed by atoms with Crippen LogP contribution in [0.15, 0.2) is 30.3 Å². The van der Waals surface area contributed by atoms with Crippen LogP contribution in [0.2, 0.25) is 0 Å². The third kappa shape index (κ3) is 2.52. The lowest BCUT2D eigenvalue weighted by atomic mass is 10.00. The number of hydrogen-bond donors (Lipinski definition) is 2. The van der Waals surface area contributed by atoms with Gasteiger partial charge in [0.15, 0.2) is 34.9 Å². The fourth-order valence-electron chi connectivity index (χ4n) is 2.52. The van der Waals surface area contributed by atoms with E-state index in [0.717, 1.165) is 0 Å². The average Bonchev–Trinajstić information content (AvgIpc) is 2.61. The maximum atomic E-state index is 14.3. The molecule has 2 N–H and O–H groups in total. The summed E-state index contributed by atoms with van der Waals surface area (Å²) in [6.07, 6.45) is 0. The molecule has 0 aliphatic rings. The Bertz CT molecular complexity index is 1050. The SMILES string of the molecule is O=C(O)c1c(F)c(F)c2c(F)c(F)c(F)c(F)c2c1Nc1ccccc1. The Kier molecular flexibility index (Phi) is 4.23. The van der Waals surface area contributed by atoms with Gasteiger partial charge in [0.1, 0.15) is 5.56 Å². The topological polar surface area (TPSA) is 49.3 Å². The van der Waals surface area contributed by atoms with Gasteiger partial charge in [0.05, 0.1) is 16.5 Å². The molecule has 9 heteroatoms. The van der Waals surface area contributed by atoms with Crippen LogP contribution in [0.4, 0.5) is 37.7 Å². The van der Waals surface area contributed by atoms with E-state index in [2.05, 4.69) is 5.32 Å². The largest absolute Gasteiger partial charge is 0.478 e. The number of carboxylic acids is 1. The predicted octanol–water partition coefficient (Wildman–Crippen LogP) is 5.12. The highest BCUT2D eigenvalue weighted by Gasteiger charge is 2.32. The third-order valence-electron chi connectivity index (χ3n) is 3.66. The number of fused-ring (bicyclic) bond motifs is 1. The molecular formula is C17H7F6NO2. The first kappa shape index (κ1) is 17.6. The summed E-state index contributed by atoms with van der Waals surface area (Å²) in [5.41, 5.74) is -2.25. The van der Waals surface area contributed by atoms with Crippen molar-refractivity contribution in [2.75, 3.05) is 5.32 Å². The number of para-hydroxylation sites is 1. The average molecular weight is 371 g/mol. The minimum Gasteiger partial charge on any atom is -0.478 e. The summed E-state index contributed by atoms with van der Waals surface area (Å²) in [5, 5.41) is 8.66. The van der Waals surface area contributed by atoms with Crippen molar-refractivity contribution in [2.45, 2.75) is 0 Å². The summed E-state index contributed by atoms with van der Waals surface area (Å²) >= 11 is 0. The van der Waals surface area contributed by atoms with Crippen LogP contribution in [0.3, 0.4) is 0 Å². The number of benzene rings is 3. The zero-order valence-corrected chi connectivity index (χ0v) is 12.5. The maximum Gasteiger partial charge on any atom is 0.340 e. The molecule has 0 amide bonds. The van der Waals surface area contributed by atoms with Gasteiger partial charge in [-0.05, 0) is 12.1 Å². The van der Waals surface area contributed by atoms with Crippen molar-refractivity contribution in [1.82, 2.24) is 0 Å². The number of halogens is 6. The van der Waals surface area contributed by atoms with Crippen molar-refractivity contribution in [3.63, 3.8) is 0 Å². The second kappa shape index (κ2) is 6.25. The van der Waals surface area contributed by atoms with Crippen LogP contribution in [0.25, 0.3) is 10.8 Å². The molecule has 3 aromatic carbocycles. The van der Waals surface area contributed by atoms with Crippen molar-refractivity contribution >= 4 is 28.1 Å². The monoisotopic (exact) mass is 371 g/mol. The van der Waals surface area contributed by atoms with Crippen molar-refractivity contribution in [3.05, 3.63) is 70.8 Å². The van der Waals surface area contributed by atoms with E-state index < -0.39 is 62.9 Å². The van der Waals surface area contributed by atoms with Crippen molar-refractivity contribution in [2.24, 2.45) is 0 Å². The number of carbonyl (C=O) groups is 1. The Morgan fingerprint density at radius 1 is 0.731 bits per heavy atom. The van der Waals surface area contributed by atoms with Crippen LogP contribution >= 0.6 is 0 Å². The van der Waals surface area contributed by atoms with Crippen LogP contribution < -0.4 is 5.32 Å². The van der Waals surface area contributed by atoms with E-state index in [1.807, 2.05) is 0 Å². The van der Waals surface area contributed by atoms with Gasteiger partial charge in [-0.15, -0.1) is 0 Å². The van der Waals surface area contributed by atoms with Gasteiger partial charge in [-0.3, -0.25) is 0 Å². The van der Waals surface area contributed by atoms with E-state index in [9.17, 15) is 31.1 Å². The second-order valence-electron chi connectivity index (χ2n) is 5.18. The summed E-state index contributed by atoms with van der Waals surface area (Å²) in [6.45, 7) is 0. The first-order chi connectivity index (χ1) is 12.3. The summed E-state index contributed by atoms with van der Waals surface area (Å²) in [5.74, 6) is -15.1. The maximum absolute atomic E-state index is 14.3. The van der Waals surface area contributed by atoms with Gasteiger partial charge in [0.2, 0.25) is 0 Å². The minimum absolute atomic E-state index is 0.0897. The number of nitrogens with one attached hydrogen (secondary N) is 1. The Morgan fingerprint density at radius 2 is 1.23 bits per heavy atom. The molecule has 0 fully saturated rings. The molecule has 0 unspecified atom stereocenters. The highest BCUT2D eigenvalue weighted by Crippen LogP contribution is 2.39. The lowest BCUT2D eigenvalue weighted by Gasteiger charge is -2.16. The van der Waals surface area contributed by atoms with Crippen molar-refractivity contribution in [1.29, 1.82) is 0 Å². The molecule has 0 spiro atoms. The van der Waals surface area contributed by atoms with E-state index in [4.69, 9.17) is 5.11 Å². The first-order valence-electron chi connectivity index (χ1n) is 6.97. The van der Waals surface area contributed by atoms with Gasteiger partial charge < -0.3 is 10.4 Å². The van der Waals surface area contributed by atoms with E-state index in [0.29, 0.717) is 0 Å². The molecule has 0 radical (unpaired) electrons. The molecule has 0 bridgehead atoms. The Hall–Kier alpha value is -3.23. The highest BCUT2D eigenvalue weighted by atomic mass is 19.2. The van der Waals surface area contributed by atoms with Gasteiger partial charge in [-0.2, -0.15) is 0 Å². The minimum atomic E-state index is -2.35. The molecule has 3 rings (SSSR count). The molecule has 0 aliphatic heterocycles. The van der Waals surface area contributed by atoms with E-state index in [1.54, 1.807) is 6.07 Å². The third-order valence-corrected chi connectivity index (χ3v) is 3.66. The second-order valence-corrected chi connectivity index (χ2v) is 5.18. The fourth-order valence-corrected chi connectivity index (χ4v) is 2.52. The zero-order valence-electron chi connectivity index (χ0n) is 12.5. The first-order valence-corrected chi connectivity index (χ1v) is 6.97. The summed E-state index contributed by atoms with van der Waals surface area (Å²) in [4.78, 5) is 11.3. The molecule has 0 saturated carbocycles. The van der Waals surface area contributed by atoms with Gasteiger partial charge in [0, 0.05) is 5.69 Å². The lowest BCUT2D eigenvalue weighted by molar-refractivity contribution is 0.0692. The molecule has 0 aromatic heterocycles. The smallest absolute Gasteiger partial charge is 0.340 e. The molecule has 3 aromatic rings. The zero-order chi connectivity index (χ0) is 19.2. The molecule has 0 saturated heterocycles. The number of rotatable bonds is 3. The summed E-state index contributed by atoms with van der Waals surface area (Å²) in [6, 6.07) is 7.23. The lowest BCUT2D eigenvalue weighted by Crippen LogP contribution is -2.12. The number of hydrogen-bond acceptors (Lipinski definition) is 2. The molecule has 0 aliphatic carbocycles. The Morgan fingerprint density at radius 3 is 1.77 bits per heavy atom.